The van der Waals surface area contributed by atoms with Crippen LogP contribution < -0.4 is 9.47 Å². The minimum Gasteiger partial charge on any atom is -0.461 e. The van der Waals surface area contributed by atoms with Gasteiger partial charge in [0.15, 0.2) is 0 Å². The molecule has 0 unspecified atom stereocenters. The highest BCUT2D eigenvalue weighted by molar-refractivity contribution is 5.88. The first-order valence-electron chi connectivity index (χ1n) is 6.07. The molecule has 0 radical (unpaired) electrons. The Bertz CT molecular complexity index is 599. The molecule has 0 aromatic heterocycles. The van der Waals surface area contributed by atoms with E-state index in [2.05, 4.69) is 17.9 Å². The van der Waals surface area contributed by atoms with Crippen molar-refractivity contribution in [2.75, 3.05) is 0 Å². The van der Waals surface area contributed by atoms with Gasteiger partial charge in [-0.05, 0) is 37.6 Å². The second-order valence-electron chi connectivity index (χ2n) is 4.13. The van der Waals surface area contributed by atoms with E-state index in [4.69, 9.17) is 9.47 Å². The molecule has 0 amide bonds. The lowest BCUT2D eigenvalue weighted by Gasteiger charge is -2.08. The first-order valence-corrected chi connectivity index (χ1v) is 6.07. The van der Waals surface area contributed by atoms with E-state index >= 15 is 0 Å². The summed E-state index contributed by atoms with van der Waals surface area (Å²) in [7, 11) is 0. The second kappa shape index (κ2) is 7.69. The molecular weight excluding hydrogens is 272 g/mol. The minimum absolute atomic E-state index is 0.319. The number of carbonyl (C=O) groups excluding carboxylic acids is 2. The number of ether oxygens (including phenoxy) is 3. The van der Waals surface area contributed by atoms with E-state index in [9.17, 15) is 9.59 Å². The van der Waals surface area contributed by atoms with Crippen LogP contribution in [-0.4, -0.2) is 11.9 Å². The number of hydrogen-bond acceptors (Lipinski definition) is 5. The van der Waals surface area contributed by atoms with Gasteiger partial charge in [0.05, 0.1) is 0 Å². The fourth-order valence-corrected chi connectivity index (χ4v) is 1.26. The fraction of sp³-hybridized carbons (Fsp3) is 0.125. The standard InChI is InChI=1S/C16H16O5/c1-5-15(17)20-9-8-19-14-7-6-13(10-12(14)4)21-16(18)11(2)3/h5-10H,1-2H2,3-4H3/b9-8-. The van der Waals surface area contributed by atoms with Crippen molar-refractivity contribution < 1.29 is 23.8 Å². The first-order chi connectivity index (χ1) is 9.93. The van der Waals surface area contributed by atoms with Gasteiger partial charge in [0, 0.05) is 11.6 Å². The molecule has 0 fully saturated rings. The van der Waals surface area contributed by atoms with Crippen LogP contribution in [0.4, 0.5) is 0 Å². The average Bonchev–Trinajstić information content (AvgIpc) is 2.44. The van der Waals surface area contributed by atoms with Crippen LogP contribution in [0.3, 0.4) is 0 Å². The van der Waals surface area contributed by atoms with Crippen LogP contribution in [0, 0.1) is 6.92 Å². The number of aryl methyl sites for hydroxylation is 1. The molecule has 1 aromatic carbocycles. The van der Waals surface area contributed by atoms with Crippen LogP contribution in [0.1, 0.15) is 12.5 Å². The molecule has 1 rings (SSSR count). The molecular formula is C16H16O5. The Kier molecular flexibility index (Phi) is 5.95. The lowest BCUT2D eigenvalue weighted by atomic mass is 10.2. The molecule has 0 heterocycles. The highest BCUT2D eigenvalue weighted by Crippen LogP contribution is 2.24. The summed E-state index contributed by atoms with van der Waals surface area (Å²) in [4.78, 5) is 22.2. The Morgan fingerprint density at radius 3 is 2.52 bits per heavy atom. The van der Waals surface area contributed by atoms with Gasteiger partial charge >= 0.3 is 11.9 Å². The van der Waals surface area contributed by atoms with E-state index in [-0.39, 0.29) is 0 Å². The summed E-state index contributed by atoms with van der Waals surface area (Å²) < 4.78 is 15.0. The van der Waals surface area contributed by atoms with Gasteiger partial charge in [0.2, 0.25) is 0 Å². The molecule has 21 heavy (non-hydrogen) atoms. The van der Waals surface area contributed by atoms with Crippen LogP contribution in [0.25, 0.3) is 0 Å². The van der Waals surface area contributed by atoms with E-state index in [1.807, 2.05) is 0 Å². The van der Waals surface area contributed by atoms with E-state index in [0.29, 0.717) is 17.1 Å². The predicted octanol–water partition coefficient (Wildman–Crippen LogP) is 3.06. The smallest absolute Gasteiger partial charge is 0.338 e. The lowest BCUT2D eigenvalue weighted by molar-refractivity contribution is -0.132. The lowest BCUT2D eigenvalue weighted by Crippen LogP contribution is -2.08. The molecule has 0 aliphatic rings. The summed E-state index contributed by atoms with van der Waals surface area (Å²) in [6.45, 7) is 10.1. The zero-order chi connectivity index (χ0) is 15.8. The Labute approximate surface area is 123 Å². The van der Waals surface area contributed by atoms with Gasteiger partial charge in [-0.2, -0.15) is 0 Å². The SMILES string of the molecule is C=CC(=O)O/C=C\Oc1ccc(OC(=O)C(=C)C)cc1C. The van der Waals surface area contributed by atoms with Crippen LogP contribution in [0.5, 0.6) is 11.5 Å². The summed E-state index contributed by atoms with van der Waals surface area (Å²) in [6.07, 6.45) is 3.38. The van der Waals surface area contributed by atoms with Crippen molar-refractivity contribution in [2.24, 2.45) is 0 Å². The number of benzene rings is 1. The highest BCUT2D eigenvalue weighted by atomic mass is 16.5. The molecule has 0 N–H and O–H groups in total. The van der Waals surface area contributed by atoms with E-state index in [0.717, 1.165) is 17.9 Å². The predicted molar refractivity (Wildman–Crippen MR) is 77.7 cm³/mol. The Morgan fingerprint density at radius 1 is 1.24 bits per heavy atom. The molecule has 0 bridgehead atoms. The summed E-state index contributed by atoms with van der Waals surface area (Å²) in [6, 6.07) is 4.88. The average molecular weight is 288 g/mol. The largest absolute Gasteiger partial charge is 0.461 e. The van der Waals surface area contributed by atoms with Crippen molar-refractivity contribution in [3.8, 4) is 11.5 Å². The van der Waals surface area contributed by atoms with Crippen molar-refractivity contribution in [1.82, 2.24) is 0 Å². The molecule has 1 aromatic rings. The summed E-state index contributed by atoms with van der Waals surface area (Å²) >= 11 is 0. The first kappa shape index (κ1) is 16.2. The van der Waals surface area contributed by atoms with Gasteiger partial charge in [-0.1, -0.05) is 13.2 Å². The maximum Gasteiger partial charge on any atom is 0.338 e. The van der Waals surface area contributed by atoms with Crippen molar-refractivity contribution in [2.45, 2.75) is 13.8 Å². The van der Waals surface area contributed by atoms with Crippen LogP contribution in [-0.2, 0) is 14.3 Å². The molecule has 110 valence electrons. The number of hydrogen-bond donors (Lipinski definition) is 0. The Balaban J connectivity index is 2.66. The van der Waals surface area contributed by atoms with Crippen LogP contribution in [0.15, 0.2) is 55.5 Å². The van der Waals surface area contributed by atoms with Crippen molar-refractivity contribution >= 4 is 11.9 Å². The molecule has 0 saturated carbocycles. The van der Waals surface area contributed by atoms with Gasteiger partial charge in [0.25, 0.3) is 0 Å². The van der Waals surface area contributed by atoms with E-state index in [1.165, 1.54) is 6.26 Å². The minimum atomic E-state index is -0.575. The fourth-order valence-electron chi connectivity index (χ4n) is 1.26. The number of esters is 2. The van der Waals surface area contributed by atoms with Crippen molar-refractivity contribution in [1.29, 1.82) is 0 Å². The second-order valence-corrected chi connectivity index (χ2v) is 4.13. The summed E-state index contributed by atoms with van der Waals surface area (Å²) in [5.74, 6) is -0.126. The van der Waals surface area contributed by atoms with Gasteiger partial charge in [-0.25, -0.2) is 9.59 Å². The van der Waals surface area contributed by atoms with Crippen molar-refractivity contribution in [3.63, 3.8) is 0 Å². The zero-order valence-electron chi connectivity index (χ0n) is 11.9. The maximum atomic E-state index is 11.4. The number of carbonyl (C=O) groups is 2. The van der Waals surface area contributed by atoms with Gasteiger partial charge in [-0.15, -0.1) is 0 Å². The van der Waals surface area contributed by atoms with E-state index < -0.39 is 11.9 Å². The quantitative estimate of drug-likeness (QED) is 0.348. The molecule has 0 spiro atoms. The van der Waals surface area contributed by atoms with Crippen molar-refractivity contribution in [3.05, 3.63) is 61.1 Å². The van der Waals surface area contributed by atoms with Gasteiger partial charge < -0.3 is 14.2 Å². The van der Waals surface area contributed by atoms with Gasteiger partial charge in [-0.3, -0.25) is 0 Å². The molecule has 0 atom stereocenters. The monoisotopic (exact) mass is 288 g/mol. The Morgan fingerprint density at radius 2 is 1.95 bits per heavy atom. The van der Waals surface area contributed by atoms with Crippen LogP contribution >= 0.6 is 0 Å². The Hall–Kier alpha value is -2.82. The molecule has 5 heteroatoms. The summed E-state index contributed by atoms with van der Waals surface area (Å²) in [5.41, 5.74) is 1.07. The third-order valence-corrected chi connectivity index (χ3v) is 2.31. The summed E-state index contributed by atoms with van der Waals surface area (Å²) in [5, 5.41) is 0. The molecule has 0 aliphatic heterocycles. The molecule has 0 saturated heterocycles. The third kappa shape index (κ3) is 5.36. The third-order valence-electron chi connectivity index (χ3n) is 2.31. The number of rotatable bonds is 6. The molecule has 0 aliphatic carbocycles. The topological polar surface area (TPSA) is 61.8 Å². The van der Waals surface area contributed by atoms with Crippen LogP contribution in [0.2, 0.25) is 0 Å². The van der Waals surface area contributed by atoms with E-state index in [1.54, 1.807) is 32.0 Å². The zero-order valence-corrected chi connectivity index (χ0v) is 11.9. The van der Waals surface area contributed by atoms with Gasteiger partial charge in [0.1, 0.15) is 24.0 Å². The maximum absolute atomic E-state index is 11.4. The highest BCUT2D eigenvalue weighted by Gasteiger charge is 2.07. The normalized spacial score (nSPS) is 10.0. The molecule has 5 nitrogen and oxygen atoms in total.